The zero-order valence-corrected chi connectivity index (χ0v) is 10.4. The molecule has 18 heavy (non-hydrogen) atoms. The molecule has 0 radical (unpaired) electrons. The third-order valence-electron chi connectivity index (χ3n) is 2.47. The second kappa shape index (κ2) is 6.83. The molecule has 96 valence electrons. The van der Waals surface area contributed by atoms with Crippen molar-refractivity contribution in [2.24, 2.45) is 0 Å². The van der Waals surface area contributed by atoms with Crippen LogP contribution < -0.4 is 5.32 Å². The molecular formula is C12H17N5O. The third kappa shape index (κ3) is 3.61. The Morgan fingerprint density at radius 2 is 2.11 bits per heavy atom. The molecule has 0 unspecified atom stereocenters. The van der Waals surface area contributed by atoms with E-state index in [9.17, 15) is 0 Å². The Morgan fingerprint density at radius 1 is 1.28 bits per heavy atom. The van der Waals surface area contributed by atoms with Gasteiger partial charge in [0.25, 0.3) is 0 Å². The minimum absolute atomic E-state index is 0.594. The average molecular weight is 247 g/mol. The van der Waals surface area contributed by atoms with Gasteiger partial charge < -0.3 is 10.1 Å². The summed E-state index contributed by atoms with van der Waals surface area (Å²) in [5, 5.41) is 7.53. The maximum Gasteiger partial charge on any atom is 0.250 e. The SMILES string of the molecule is COCCNCCc1cnn(-c2ncccn2)c1. The van der Waals surface area contributed by atoms with E-state index in [1.54, 1.807) is 30.3 Å². The predicted molar refractivity (Wildman–Crippen MR) is 67.6 cm³/mol. The summed E-state index contributed by atoms with van der Waals surface area (Å²) in [5.41, 5.74) is 1.16. The predicted octanol–water partition coefficient (Wildman–Crippen LogP) is 0.441. The Balaban J connectivity index is 1.83. The van der Waals surface area contributed by atoms with Crippen LogP contribution in [0.2, 0.25) is 0 Å². The number of methoxy groups -OCH3 is 1. The maximum atomic E-state index is 4.96. The quantitative estimate of drug-likeness (QED) is 0.719. The first kappa shape index (κ1) is 12.7. The molecule has 0 saturated carbocycles. The summed E-state index contributed by atoms with van der Waals surface area (Å²) < 4.78 is 6.65. The van der Waals surface area contributed by atoms with E-state index in [0.29, 0.717) is 5.95 Å². The third-order valence-corrected chi connectivity index (χ3v) is 2.47. The number of nitrogens with one attached hydrogen (secondary N) is 1. The number of aromatic nitrogens is 4. The molecule has 6 heteroatoms. The van der Waals surface area contributed by atoms with Crippen molar-refractivity contribution in [2.75, 3.05) is 26.8 Å². The van der Waals surface area contributed by atoms with Crippen LogP contribution in [0.5, 0.6) is 0 Å². The van der Waals surface area contributed by atoms with Gasteiger partial charge in [-0.25, -0.2) is 14.6 Å². The second-order valence-electron chi connectivity index (χ2n) is 3.83. The van der Waals surface area contributed by atoms with Gasteiger partial charge in [-0.3, -0.25) is 0 Å². The molecule has 2 rings (SSSR count). The van der Waals surface area contributed by atoms with Crippen molar-refractivity contribution in [3.63, 3.8) is 0 Å². The number of rotatable bonds is 7. The van der Waals surface area contributed by atoms with E-state index in [1.165, 1.54) is 0 Å². The van der Waals surface area contributed by atoms with Crippen molar-refractivity contribution in [2.45, 2.75) is 6.42 Å². The lowest BCUT2D eigenvalue weighted by Crippen LogP contribution is -2.21. The van der Waals surface area contributed by atoms with Gasteiger partial charge in [-0.1, -0.05) is 0 Å². The fourth-order valence-electron chi connectivity index (χ4n) is 1.54. The average Bonchev–Trinajstić information content (AvgIpc) is 2.88. The smallest absolute Gasteiger partial charge is 0.250 e. The summed E-state index contributed by atoms with van der Waals surface area (Å²) in [5.74, 6) is 0.594. The van der Waals surface area contributed by atoms with E-state index >= 15 is 0 Å². The largest absolute Gasteiger partial charge is 0.383 e. The first-order chi connectivity index (χ1) is 8.90. The second-order valence-corrected chi connectivity index (χ2v) is 3.83. The molecule has 0 amide bonds. The molecule has 0 aliphatic heterocycles. The standard InChI is InChI=1S/C12H17N5O/c1-18-8-7-13-6-3-11-9-16-17(10-11)12-14-4-2-5-15-12/h2,4-5,9-10,13H,3,6-8H2,1H3. The number of hydrogen-bond acceptors (Lipinski definition) is 5. The van der Waals surface area contributed by atoms with Crippen LogP contribution in [0.3, 0.4) is 0 Å². The lowest BCUT2D eigenvalue weighted by atomic mass is 10.2. The Hall–Kier alpha value is -1.79. The van der Waals surface area contributed by atoms with Gasteiger partial charge in [-0.05, 0) is 24.6 Å². The van der Waals surface area contributed by atoms with E-state index < -0.39 is 0 Å². The topological polar surface area (TPSA) is 64.9 Å². The zero-order valence-electron chi connectivity index (χ0n) is 10.4. The van der Waals surface area contributed by atoms with Gasteiger partial charge in [0.1, 0.15) is 0 Å². The molecule has 6 nitrogen and oxygen atoms in total. The molecule has 0 atom stereocenters. The molecule has 0 aromatic carbocycles. The molecule has 0 bridgehead atoms. The Labute approximate surface area is 106 Å². The van der Waals surface area contributed by atoms with Crippen LogP contribution in [-0.2, 0) is 11.2 Å². The van der Waals surface area contributed by atoms with Gasteiger partial charge in [-0.2, -0.15) is 5.10 Å². The molecule has 0 saturated heterocycles. The molecule has 2 heterocycles. The molecule has 2 aromatic heterocycles. The van der Waals surface area contributed by atoms with Crippen LogP contribution >= 0.6 is 0 Å². The lowest BCUT2D eigenvalue weighted by molar-refractivity contribution is 0.199. The summed E-state index contributed by atoms with van der Waals surface area (Å²) in [6.07, 6.45) is 8.13. The van der Waals surface area contributed by atoms with Crippen molar-refractivity contribution < 1.29 is 4.74 Å². The molecule has 1 N–H and O–H groups in total. The summed E-state index contributed by atoms with van der Waals surface area (Å²) >= 11 is 0. The van der Waals surface area contributed by atoms with E-state index in [4.69, 9.17) is 4.74 Å². The van der Waals surface area contributed by atoms with Gasteiger partial charge in [-0.15, -0.1) is 0 Å². The number of nitrogens with zero attached hydrogens (tertiary/aromatic N) is 4. The van der Waals surface area contributed by atoms with Crippen molar-refractivity contribution in [3.8, 4) is 5.95 Å². The van der Waals surface area contributed by atoms with Crippen LogP contribution in [0.15, 0.2) is 30.9 Å². The summed E-state index contributed by atoms with van der Waals surface area (Å²) in [4.78, 5) is 8.28. The van der Waals surface area contributed by atoms with Crippen molar-refractivity contribution in [1.82, 2.24) is 25.1 Å². The highest BCUT2D eigenvalue weighted by Gasteiger charge is 2.02. The molecule has 2 aromatic rings. The van der Waals surface area contributed by atoms with E-state index in [0.717, 1.165) is 31.7 Å². The van der Waals surface area contributed by atoms with Crippen LogP contribution in [0.25, 0.3) is 5.95 Å². The number of ether oxygens (including phenoxy) is 1. The van der Waals surface area contributed by atoms with Crippen molar-refractivity contribution in [3.05, 3.63) is 36.4 Å². The summed E-state index contributed by atoms with van der Waals surface area (Å²) in [6, 6.07) is 1.79. The maximum absolute atomic E-state index is 4.96. The van der Waals surface area contributed by atoms with Crippen LogP contribution in [0, 0.1) is 0 Å². The molecule has 0 fully saturated rings. The van der Waals surface area contributed by atoms with Crippen LogP contribution in [0.4, 0.5) is 0 Å². The monoisotopic (exact) mass is 247 g/mol. The van der Waals surface area contributed by atoms with Crippen molar-refractivity contribution >= 4 is 0 Å². The first-order valence-electron chi connectivity index (χ1n) is 5.91. The van der Waals surface area contributed by atoms with Gasteiger partial charge >= 0.3 is 0 Å². The minimum Gasteiger partial charge on any atom is -0.383 e. The fourth-order valence-corrected chi connectivity index (χ4v) is 1.54. The van der Waals surface area contributed by atoms with E-state index in [2.05, 4.69) is 20.4 Å². The van der Waals surface area contributed by atoms with Gasteiger partial charge in [0.2, 0.25) is 5.95 Å². The fraction of sp³-hybridized carbons (Fsp3) is 0.417. The van der Waals surface area contributed by atoms with E-state index in [1.807, 2.05) is 12.4 Å². The van der Waals surface area contributed by atoms with Crippen molar-refractivity contribution in [1.29, 1.82) is 0 Å². The van der Waals surface area contributed by atoms with Gasteiger partial charge in [0.05, 0.1) is 12.8 Å². The summed E-state index contributed by atoms with van der Waals surface area (Å²) in [6.45, 7) is 2.51. The molecule has 0 aliphatic carbocycles. The highest BCUT2D eigenvalue weighted by molar-refractivity contribution is 5.13. The zero-order chi connectivity index (χ0) is 12.6. The molecular weight excluding hydrogens is 230 g/mol. The van der Waals surface area contributed by atoms with Gasteiger partial charge in [0.15, 0.2) is 0 Å². The van der Waals surface area contributed by atoms with Crippen LogP contribution in [0.1, 0.15) is 5.56 Å². The highest BCUT2D eigenvalue weighted by atomic mass is 16.5. The lowest BCUT2D eigenvalue weighted by Gasteiger charge is -2.01. The Morgan fingerprint density at radius 3 is 2.89 bits per heavy atom. The van der Waals surface area contributed by atoms with Gasteiger partial charge in [0, 0.05) is 32.2 Å². The van der Waals surface area contributed by atoms with E-state index in [-0.39, 0.29) is 0 Å². The Bertz CT molecular complexity index is 457. The van der Waals surface area contributed by atoms with Crippen LogP contribution in [-0.4, -0.2) is 46.6 Å². The minimum atomic E-state index is 0.594. The number of hydrogen-bond donors (Lipinski definition) is 1. The Kier molecular flexibility index (Phi) is 4.80. The molecule has 0 spiro atoms. The normalized spacial score (nSPS) is 10.7. The highest BCUT2D eigenvalue weighted by Crippen LogP contribution is 2.02. The molecule has 0 aliphatic rings. The summed E-state index contributed by atoms with van der Waals surface area (Å²) in [7, 11) is 1.70. The first-order valence-corrected chi connectivity index (χ1v) is 5.91.